The summed E-state index contributed by atoms with van der Waals surface area (Å²) >= 11 is 1.71. The highest BCUT2D eigenvalue weighted by atomic mass is 32.1. The fourth-order valence-electron chi connectivity index (χ4n) is 2.90. The van der Waals surface area contributed by atoms with Crippen LogP contribution >= 0.6 is 11.3 Å². The molecule has 0 radical (unpaired) electrons. The van der Waals surface area contributed by atoms with Crippen molar-refractivity contribution in [1.29, 1.82) is 0 Å². The van der Waals surface area contributed by atoms with E-state index in [2.05, 4.69) is 42.0 Å². The minimum absolute atomic E-state index is 0.757. The summed E-state index contributed by atoms with van der Waals surface area (Å²) in [4.78, 5) is 11.6. The predicted octanol–water partition coefficient (Wildman–Crippen LogP) is 3.01. The van der Waals surface area contributed by atoms with E-state index in [4.69, 9.17) is 4.98 Å². The second-order valence-corrected chi connectivity index (χ2v) is 7.11. The Bertz CT molecular complexity index is 1020. The zero-order valence-electron chi connectivity index (χ0n) is 13.7. The Morgan fingerprint density at radius 1 is 1.13 bits per heavy atom. The van der Waals surface area contributed by atoms with Crippen LogP contribution in [0.1, 0.15) is 27.7 Å². The maximum absolute atomic E-state index is 4.74. The summed E-state index contributed by atoms with van der Waals surface area (Å²) in [5.41, 5.74) is 4.36. The van der Waals surface area contributed by atoms with Crippen molar-refractivity contribution >= 4 is 27.2 Å². The lowest BCUT2D eigenvalue weighted by atomic mass is 10.2. The highest BCUT2D eigenvalue weighted by molar-refractivity contribution is 7.18. The Morgan fingerprint density at radius 3 is 2.70 bits per heavy atom. The quantitative estimate of drug-likeness (QED) is 0.580. The van der Waals surface area contributed by atoms with Gasteiger partial charge in [-0.15, -0.1) is 16.4 Å². The van der Waals surface area contributed by atoms with Crippen molar-refractivity contribution in [2.75, 3.05) is 0 Å². The molecule has 118 valence electrons. The Morgan fingerprint density at radius 2 is 1.96 bits per heavy atom. The van der Waals surface area contributed by atoms with Crippen LogP contribution < -0.4 is 0 Å². The molecule has 4 aromatic rings. The lowest BCUT2D eigenvalue weighted by Crippen LogP contribution is -2.06. The topological polar surface area (TPSA) is 60.9 Å². The van der Waals surface area contributed by atoms with Gasteiger partial charge in [-0.3, -0.25) is 4.68 Å². The number of nitrogens with zero attached hydrogens (tertiary/aromatic N) is 6. The third kappa shape index (κ3) is 2.31. The average molecular weight is 326 g/mol. The van der Waals surface area contributed by atoms with Crippen molar-refractivity contribution in [3.05, 3.63) is 40.0 Å². The maximum Gasteiger partial charge on any atom is 0.167 e. The SMILES string of the molecule is Cc1cc(C)n(CCc2nc3c4c(C)c(C)sc4ncn3n2)n1. The van der Waals surface area contributed by atoms with Gasteiger partial charge in [0.25, 0.3) is 0 Å². The second-order valence-electron chi connectivity index (χ2n) is 5.90. The van der Waals surface area contributed by atoms with Crippen molar-refractivity contribution in [2.24, 2.45) is 0 Å². The van der Waals surface area contributed by atoms with Gasteiger partial charge in [-0.25, -0.2) is 14.5 Å². The van der Waals surface area contributed by atoms with Gasteiger partial charge in [0.05, 0.1) is 11.1 Å². The molecule has 0 fully saturated rings. The molecule has 0 N–H and O–H groups in total. The van der Waals surface area contributed by atoms with Gasteiger partial charge in [0.2, 0.25) is 0 Å². The zero-order chi connectivity index (χ0) is 16.1. The molecule has 0 unspecified atom stereocenters. The summed E-state index contributed by atoms with van der Waals surface area (Å²) in [5.74, 6) is 0.829. The fourth-order valence-corrected chi connectivity index (χ4v) is 3.89. The Balaban J connectivity index is 1.71. The number of hydrogen-bond acceptors (Lipinski definition) is 5. The molecular weight excluding hydrogens is 308 g/mol. The van der Waals surface area contributed by atoms with Crippen LogP contribution in [0.4, 0.5) is 0 Å². The maximum atomic E-state index is 4.74. The van der Waals surface area contributed by atoms with Crippen LogP contribution in [0.15, 0.2) is 12.4 Å². The Hall–Kier alpha value is -2.28. The van der Waals surface area contributed by atoms with Crippen molar-refractivity contribution in [3.63, 3.8) is 0 Å². The highest BCUT2D eigenvalue weighted by Crippen LogP contribution is 2.30. The van der Waals surface area contributed by atoms with Crippen LogP contribution in [0, 0.1) is 27.7 Å². The average Bonchev–Trinajstić information content (AvgIpc) is 3.14. The van der Waals surface area contributed by atoms with E-state index < -0.39 is 0 Å². The molecule has 23 heavy (non-hydrogen) atoms. The van der Waals surface area contributed by atoms with E-state index in [1.165, 1.54) is 16.1 Å². The second kappa shape index (κ2) is 5.13. The lowest BCUT2D eigenvalue weighted by molar-refractivity contribution is 0.581. The molecule has 0 amide bonds. The van der Waals surface area contributed by atoms with Gasteiger partial charge < -0.3 is 0 Å². The number of fused-ring (bicyclic) bond motifs is 3. The van der Waals surface area contributed by atoms with Crippen LogP contribution in [0.5, 0.6) is 0 Å². The molecule has 0 aromatic carbocycles. The van der Waals surface area contributed by atoms with E-state index in [9.17, 15) is 0 Å². The minimum atomic E-state index is 0.757. The Kier molecular flexibility index (Phi) is 3.19. The van der Waals surface area contributed by atoms with Crippen LogP contribution in [-0.4, -0.2) is 29.4 Å². The molecule has 0 aliphatic heterocycles. The molecule has 4 aromatic heterocycles. The molecule has 0 aliphatic carbocycles. The number of thiophene rings is 1. The first-order chi connectivity index (χ1) is 11.0. The van der Waals surface area contributed by atoms with Gasteiger partial charge in [0, 0.05) is 23.5 Å². The standard InChI is InChI=1S/C16H18N6S/c1-9-7-10(2)21(19-9)6-5-13-18-15-14-11(3)12(4)23-16(14)17-8-22(15)20-13/h7-8H,5-6H2,1-4H3. The number of aryl methyl sites for hydroxylation is 6. The fraction of sp³-hybridized carbons (Fsp3) is 0.375. The van der Waals surface area contributed by atoms with Gasteiger partial charge in [0.1, 0.15) is 11.2 Å². The van der Waals surface area contributed by atoms with Crippen molar-refractivity contribution in [2.45, 2.75) is 40.7 Å². The number of hydrogen-bond donors (Lipinski definition) is 0. The van der Waals surface area contributed by atoms with Crippen LogP contribution in [-0.2, 0) is 13.0 Å². The molecule has 0 aliphatic rings. The first-order valence-corrected chi connectivity index (χ1v) is 8.45. The van der Waals surface area contributed by atoms with E-state index >= 15 is 0 Å². The first kappa shape index (κ1) is 14.3. The van der Waals surface area contributed by atoms with Crippen molar-refractivity contribution in [1.82, 2.24) is 29.4 Å². The molecule has 4 rings (SSSR count). The monoisotopic (exact) mass is 326 g/mol. The van der Waals surface area contributed by atoms with Crippen molar-refractivity contribution in [3.8, 4) is 0 Å². The molecular formula is C16H18N6S. The molecule has 0 bridgehead atoms. The number of aromatic nitrogens is 6. The van der Waals surface area contributed by atoms with Gasteiger partial charge >= 0.3 is 0 Å². The van der Waals surface area contributed by atoms with Gasteiger partial charge in [0.15, 0.2) is 11.5 Å². The van der Waals surface area contributed by atoms with Crippen LogP contribution in [0.25, 0.3) is 15.9 Å². The predicted molar refractivity (Wildman–Crippen MR) is 91.0 cm³/mol. The van der Waals surface area contributed by atoms with E-state index in [0.717, 1.165) is 40.3 Å². The van der Waals surface area contributed by atoms with E-state index in [0.29, 0.717) is 0 Å². The van der Waals surface area contributed by atoms with Gasteiger partial charge in [-0.2, -0.15) is 5.10 Å². The summed E-state index contributed by atoms with van der Waals surface area (Å²) in [5, 5.41) is 10.2. The van der Waals surface area contributed by atoms with E-state index in [1.54, 1.807) is 22.2 Å². The summed E-state index contributed by atoms with van der Waals surface area (Å²) in [7, 11) is 0. The van der Waals surface area contributed by atoms with Crippen LogP contribution in [0.3, 0.4) is 0 Å². The first-order valence-electron chi connectivity index (χ1n) is 7.64. The zero-order valence-corrected chi connectivity index (χ0v) is 14.5. The summed E-state index contributed by atoms with van der Waals surface area (Å²) < 4.78 is 3.80. The molecule has 0 spiro atoms. The van der Waals surface area contributed by atoms with Gasteiger partial charge in [-0.05, 0) is 39.3 Å². The summed E-state index contributed by atoms with van der Waals surface area (Å²) in [6.45, 7) is 9.12. The number of rotatable bonds is 3. The van der Waals surface area contributed by atoms with Gasteiger partial charge in [-0.1, -0.05) is 0 Å². The molecule has 7 heteroatoms. The molecule has 0 atom stereocenters. The third-order valence-electron chi connectivity index (χ3n) is 4.20. The minimum Gasteiger partial charge on any atom is -0.269 e. The van der Waals surface area contributed by atoms with E-state index in [1.807, 2.05) is 11.6 Å². The van der Waals surface area contributed by atoms with E-state index in [-0.39, 0.29) is 0 Å². The smallest absolute Gasteiger partial charge is 0.167 e. The largest absolute Gasteiger partial charge is 0.269 e. The van der Waals surface area contributed by atoms with Crippen molar-refractivity contribution < 1.29 is 0 Å². The normalized spacial score (nSPS) is 11.8. The molecule has 0 saturated carbocycles. The molecule has 4 heterocycles. The summed E-state index contributed by atoms with van der Waals surface area (Å²) in [6, 6.07) is 2.09. The summed E-state index contributed by atoms with van der Waals surface area (Å²) in [6.07, 6.45) is 2.51. The van der Waals surface area contributed by atoms with Crippen LogP contribution in [0.2, 0.25) is 0 Å². The lowest BCUT2D eigenvalue weighted by Gasteiger charge is -2.00. The highest BCUT2D eigenvalue weighted by Gasteiger charge is 2.14. The Labute approximate surface area is 137 Å². The molecule has 0 saturated heterocycles. The molecule has 6 nitrogen and oxygen atoms in total. The third-order valence-corrected chi connectivity index (χ3v) is 5.32.